The van der Waals surface area contributed by atoms with Crippen LogP contribution in [0.4, 0.5) is 0 Å². The van der Waals surface area contributed by atoms with Crippen molar-refractivity contribution >= 4 is 45.5 Å². The van der Waals surface area contributed by atoms with E-state index < -0.39 is 45.5 Å². The monoisotopic (exact) mass is 430 g/mol. The normalized spacial score (nSPS) is 36.5. The molecule has 0 radical (unpaired) electrons. The molecule has 0 spiro atoms. The number of fused-ring (bicyclic) bond motifs is 3. The predicted molar refractivity (Wildman–Crippen MR) is 131 cm³/mol. The molecule has 0 aliphatic carbocycles. The third kappa shape index (κ3) is 1.99. The minimum Gasteiger partial charge on any atom is -0.0715 e. The van der Waals surface area contributed by atoms with Gasteiger partial charge in [-0.1, -0.05) is 114 Å². The van der Waals surface area contributed by atoms with Crippen LogP contribution in [0, 0.1) is 0 Å². The van der Waals surface area contributed by atoms with Crippen molar-refractivity contribution in [3.8, 4) is 0 Å². The highest BCUT2D eigenvalue weighted by Crippen LogP contribution is 2.71. The van der Waals surface area contributed by atoms with Crippen LogP contribution in [0.15, 0.2) is 0 Å². The molecule has 3 fully saturated rings. The van der Waals surface area contributed by atoms with Crippen LogP contribution < -0.4 is 0 Å². The first-order chi connectivity index (χ1) is 10.7. The van der Waals surface area contributed by atoms with Crippen LogP contribution in [0.25, 0.3) is 0 Å². The number of rotatable bonds is 4. The summed E-state index contributed by atoms with van der Waals surface area (Å²) in [5.41, 5.74) is 0. The van der Waals surface area contributed by atoms with Gasteiger partial charge in [0.15, 0.2) is 0 Å². The largest absolute Gasteiger partial charge is 0.0715 e. The van der Waals surface area contributed by atoms with Crippen LogP contribution in [0.5, 0.6) is 0 Å². The summed E-state index contributed by atoms with van der Waals surface area (Å²) < 4.78 is 0. The molecule has 3 aliphatic heterocycles. The molecular weight excluding hydrogens is 385 g/mol. The van der Waals surface area contributed by atoms with Gasteiger partial charge in [0.2, 0.25) is 0 Å². The Kier molecular flexibility index (Phi) is 5.31. The molecule has 24 heavy (non-hydrogen) atoms. The van der Waals surface area contributed by atoms with Crippen LogP contribution in [0.1, 0.15) is 27.7 Å². The van der Waals surface area contributed by atoms with Gasteiger partial charge in [-0.25, -0.2) is 0 Å². The molecule has 142 valence electrons. The van der Waals surface area contributed by atoms with E-state index in [1.165, 1.54) is 9.58 Å². The smallest absolute Gasteiger partial charge is 0.0445 e. The van der Waals surface area contributed by atoms with Gasteiger partial charge in [-0.15, -0.1) is 0 Å². The van der Waals surface area contributed by atoms with Gasteiger partial charge in [0.1, 0.15) is 0 Å². The molecule has 0 unspecified atom stereocenters. The molecule has 3 aliphatic rings. The highest BCUT2D eigenvalue weighted by Gasteiger charge is 2.83. The van der Waals surface area contributed by atoms with E-state index in [4.69, 9.17) is 0 Å². The molecule has 0 atom stereocenters. The van der Waals surface area contributed by atoms with Gasteiger partial charge in [0.25, 0.3) is 0 Å². The summed E-state index contributed by atoms with van der Waals surface area (Å²) in [5.74, 6) is 0. The van der Waals surface area contributed by atoms with Crippen molar-refractivity contribution < 1.29 is 0 Å². The molecule has 0 nitrogen and oxygen atoms in total. The molecule has 0 aromatic carbocycles. The Balaban J connectivity index is 2.98. The topological polar surface area (TPSA) is 0 Å². The highest BCUT2D eigenvalue weighted by atomic mass is 29.4. The van der Waals surface area contributed by atoms with E-state index in [2.05, 4.69) is 80.1 Å². The van der Waals surface area contributed by atoms with Crippen molar-refractivity contribution in [2.75, 3.05) is 0 Å². The fourth-order valence-corrected chi connectivity index (χ4v) is 162. The molecule has 3 saturated heterocycles. The molecule has 0 N–H and O–H groups in total. The van der Waals surface area contributed by atoms with Crippen LogP contribution in [0.3, 0.4) is 0 Å². The van der Waals surface area contributed by atoms with Crippen LogP contribution in [-0.4, -0.2) is 45.5 Å². The zero-order chi connectivity index (χ0) is 19.0. The summed E-state index contributed by atoms with van der Waals surface area (Å²) in [7, 11) is -6.57. The minimum absolute atomic E-state index is 1.09. The summed E-state index contributed by atoms with van der Waals surface area (Å²) in [6.07, 6.45) is 0. The van der Waals surface area contributed by atoms with E-state index in [0.29, 0.717) is 0 Å². The van der Waals surface area contributed by atoms with Crippen molar-refractivity contribution in [1.29, 1.82) is 0 Å². The Morgan fingerprint density at radius 1 is 0.417 bits per heavy atom. The third-order valence-electron chi connectivity index (χ3n) is 10.8. The third-order valence-corrected chi connectivity index (χ3v) is 102. The van der Waals surface area contributed by atoms with Gasteiger partial charge in [-0.3, -0.25) is 0 Å². The van der Waals surface area contributed by atoms with Crippen molar-refractivity contribution in [3.05, 3.63) is 0 Å². The van der Waals surface area contributed by atoms with E-state index in [0.717, 1.165) is 0 Å². The quantitative estimate of drug-likeness (QED) is 0.423. The number of hydrogen-bond acceptors (Lipinski definition) is 0. The van der Waals surface area contributed by atoms with Gasteiger partial charge in [0.05, 0.1) is 0 Å². The Hall–Kier alpha value is 1.30. The zero-order valence-electron chi connectivity index (χ0n) is 19.0. The summed E-state index contributed by atoms with van der Waals surface area (Å²) in [6, 6.07) is 6.61. The maximum Gasteiger partial charge on any atom is 0.0445 e. The van der Waals surface area contributed by atoms with Crippen molar-refractivity contribution in [2.24, 2.45) is 0 Å². The standard InChI is InChI=1S/C18H46Si6/c1-13-23(14-2)17-19(5,6)21(9,10)18(24(23,15-3)16-4)22(11,12)20(17,7)8/h17-18H,13-16H2,1-12H3. The van der Waals surface area contributed by atoms with E-state index in [-0.39, 0.29) is 0 Å². The first-order valence-corrected chi connectivity index (χ1v) is 31.0. The van der Waals surface area contributed by atoms with E-state index >= 15 is 0 Å². The van der Waals surface area contributed by atoms with E-state index in [1.54, 1.807) is 24.2 Å². The first kappa shape index (κ1) is 21.6. The Morgan fingerprint density at radius 3 is 0.708 bits per heavy atom. The molecule has 0 amide bonds. The Bertz CT molecular complexity index is 426. The average Bonchev–Trinajstić information content (AvgIpc) is 2.46. The fraction of sp³-hybridized carbons (Fsp3) is 1.00. The molecular formula is C18H46Si6. The summed E-state index contributed by atoms with van der Waals surface area (Å²) >= 11 is 0. The van der Waals surface area contributed by atoms with Gasteiger partial charge in [-0.05, 0) is 0 Å². The summed E-state index contributed by atoms with van der Waals surface area (Å²) in [5, 5.41) is 0. The van der Waals surface area contributed by atoms with Crippen molar-refractivity contribution in [2.45, 2.75) is 114 Å². The van der Waals surface area contributed by atoms with E-state index in [1.807, 2.05) is 0 Å². The molecule has 3 rings (SSSR count). The Morgan fingerprint density at radius 2 is 0.583 bits per heavy atom. The maximum absolute atomic E-state index is 2.92. The van der Waals surface area contributed by atoms with Gasteiger partial charge in [-0.2, -0.15) is 0 Å². The molecule has 2 bridgehead atoms. The second-order valence-corrected chi connectivity index (χ2v) is 61.1. The van der Waals surface area contributed by atoms with E-state index in [9.17, 15) is 0 Å². The average molecular weight is 431 g/mol. The lowest BCUT2D eigenvalue weighted by molar-refractivity contribution is 1.11. The summed E-state index contributed by atoms with van der Waals surface area (Å²) in [4.78, 5) is 2.74. The molecule has 0 aromatic heterocycles. The molecule has 0 aromatic rings. The minimum atomic E-state index is -1.11. The van der Waals surface area contributed by atoms with Gasteiger partial charge in [0, 0.05) is 45.5 Å². The van der Waals surface area contributed by atoms with Crippen LogP contribution in [0.2, 0.25) is 86.1 Å². The predicted octanol–water partition coefficient (Wildman–Crippen LogP) is 6.96. The molecule has 6 heteroatoms. The Labute approximate surface area is 159 Å². The lowest BCUT2D eigenvalue weighted by Gasteiger charge is -2.81. The maximum atomic E-state index is 2.92. The van der Waals surface area contributed by atoms with Gasteiger partial charge < -0.3 is 0 Å². The highest BCUT2D eigenvalue weighted by molar-refractivity contribution is 7.76. The fourth-order valence-electron chi connectivity index (χ4n) is 9.35. The van der Waals surface area contributed by atoms with Crippen LogP contribution >= 0.6 is 0 Å². The zero-order valence-corrected chi connectivity index (χ0v) is 25.0. The lowest BCUT2D eigenvalue weighted by Crippen LogP contribution is -2.97. The van der Waals surface area contributed by atoms with Crippen molar-refractivity contribution in [3.63, 3.8) is 0 Å². The molecule has 0 saturated carbocycles. The lowest BCUT2D eigenvalue weighted by atomic mass is 10.9. The SMILES string of the molecule is CC[Si]1(CC)C2[Si](C)(C)[Si](C)(C)C([Si](C)(C)[Si]2(C)C)[Si]1(CC)CC. The second-order valence-electron chi connectivity index (χ2n) is 11.5. The van der Waals surface area contributed by atoms with Crippen molar-refractivity contribution in [1.82, 2.24) is 0 Å². The molecule has 3 heterocycles. The summed E-state index contributed by atoms with van der Waals surface area (Å²) in [6.45, 7) is 34.1. The number of hydrogen-bond donors (Lipinski definition) is 0. The first-order valence-electron chi connectivity index (χ1n) is 10.7. The second kappa shape index (κ2) is 5.90. The van der Waals surface area contributed by atoms with Gasteiger partial charge >= 0.3 is 0 Å². The van der Waals surface area contributed by atoms with Crippen LogP contribution in [-0.2, 0) is 0 Å².